The van der Waals surface area contributed by atoms with Gasteiger partial charge in [0.2, 0.25) is 0 Å². The fraction of sp³-hybridized carbons (Fsp3) is 0.400. The van der Waals surface area contributed by atoms with E-state index < -0.39 is 74.0 Å². The molecule has 248 valence electrons. The molecule has 1 saturated heterocycles. The van der Waals surface area contributed by atoms with Crippen molar-refractivity contribution in [3.63, 3.8) is 0 Å². The lowest BCUT2D eigenvalue weighted by molar-refractivity contribution is -0.149. The number of rotatable bonds is 13. The average molecular weight is 664 g/mol. The minimum atomic E-state index is -4.45. The van der Waals surface area contributed by atoms with Crippen LogP contribution in [0.2, 0.25) is 0 Å². The third-order valence-electron chi connectivity index (χ3n) is 6.64. The number of carbonyl (C=O) groups is 2. The van der Waals surface area contributed by atoms with Crippen molar-refractivity contribution in [3.8, 4) is 5.75 Å². The Morgan fingerprint density at radius 2 is 1.72 bits per heavy atom. The van der Waals surface area contributed by atoms with Gasteiger partial charge in [0.15, 0.2) is 18.0 Å². The molecule has 0 aliphatic carbocycles. The minimum Gasteiger partial charge on any atom is -0.462 e. The molecule has 0 bridgehead atoms. The SMILES string of the molecule is CC(C)OC(=O)[C@H](C)NP(=O)(OCC1O[C@@H](n2ccc(=O)[nH]c2=O)[C@](C)(F)C1OC(=O)OCc1ccccc1)Oc1ccccc1. The minimum absolute atomic E-state index is 0.111. The fourth-order valence-electron chi connectivity index (χ4n) is 4.50. The Morgan fingerprint density at radius 1 is 1.07 bits per heavy atom. The van der Waals surface area contributed by atoms with Gasteiger partial charge in [-0.3, -0.25) is 23.7 Å². The molecule has 1 aromatic heterocycles. The fourth-order valence-corrected chi connectivity index (χ4v) is 6.00. The van der Waals surface area contributed by atoms with Crippen LogP contribution in [0, 0.1) is 0 Å². The van der Waals surface area contributed by atoms with Gasteiger partial charge >= 0.3 is 25.6 Å². The Hall–Kier alpha value is -4.30. The van der Waals surface area contributed by atoms with Gasteiger partial charge in [0.1, 0.15) is 24.5 Å². The highest BCUT2D eigenvalue weighted by atomic mass is 31.2. The highest BCUT2D eigenvalue weighted by molar-refractivity contribution is 7.52. The van der Waals surface area contributed by atoms with Crippen LogP contribution >= 0.6 is 7.75 Å². The summed E-state index contributed by atoms with van der Waals surface area (Å²) in [5.74, 6) is -0.635. The molecule has 16 heteroatoms. The molecule has 0 radical (unpaired) electrons. The van der Waals surface area contributed by atoms with Crippen molar-refractivity contribution >= 4 is 19.9 Å². The molecule has 14 nitrogen and oxygen atoms in total. The van der Waals surface area contributed by atoms with Crippen LogP contribution in [0.1, 0.15) is 39.5 Å². The Balaban J connectivity index is 1.60. The smallest absolute Gasteiger partial charge is 0.462 e. The number of carbonyl (C=O) groups excluding carboxylic acids is 2. The predicted octanol–water partition coefficient (Wildman–Crippen LogP) is 4.02. The number of aromatic amines is 1. The second-order valence-electron chi connectivity index (χ2n) is 10.8. The van der Waals surface area contributed by atoms with Crippen molar-refractivity contribution in [2.24, 2.45) is 0 Å². The monoisotopic (exact) mass is 663 g/mol. The second kappa shape index (κ2) is 14.9. The summed E-state index contributed by atoms with van der Waals surface area (Å²) in [6, 6.07) is 16.4. The molecule has 3 aromatic rings. The van der Waals surface area contributed by atoms with Crippen LogP contribution in [0.25, 0.3) is 0 Å². The molecular weight excluding hydrogens is 628 g/mol. The standard InChI is InChI=1S/C30H35FN3O11P/c1-19(2)42-26(36)20(3)33-46(39,45-22-13-9-6-10-14-22)41-18-23-25(44-29(38)40-17-21-11-7-5-8-12-21)30(4,31)27(43-23)34-16-15-24(35)32-28(34)37/h5-16,19-20,23,25,27H,17-18H2,1-4H3,(H,33,39)(H,32,35,37)/t20-,23?,25?,27+,30+,46?/m0/s1. The first-order valence-corrected chi connectivity index (χ1v) is 15.8. The number of para-hydroxylation sites is 1. The van der Waals surface area contributed by atoms with Crippen LogP contribution in [0.3, 0.4) is 0 Å². The van der Waals surface area contributed by atoms with Gasteiger partial charge < -0.3 is 23.5 Å². The Bertz CT molecular complexity index is 1650. The zero-order valence-corrected chi connectivity index (χ0v) is 26.4. The quantitative estimate of drug-likeness (QED) is 0.199. The molecule has 6 atom stereocenters. The number of esters is 1. The maximum absolute atomic E-state index is 16.5. The number of nitrogens with zero attached hydrogens (tertiary/aromatic N) is 1. The van der Waals surface area contributed by atoms with Gasteiger partial charge in [-0.15, -0.1) is 0 Å². The van der Waals surface area contributed by atoms with E-state index >= 15 is 4.39 Å². The van der Waals surface area contributed by atoms with E-state index in [1.165, 1.54) is 19.1 Å². The molecule has 0 spiro atoms. The topological polar surface area (TPSA) is 173 Å². The van der Waals surface area contributed by atoms with Gasteiger partial charge in [0, 0.05) is 12.3 Å². The summed E-state index contributed by atoms with van der Waals surface area (Å²) in [5.41, 5.74) is -3.70. The van der Waals surface area contributed by atoms with Crippen LogP contribution in [0.5, 0.6) is 5.75 Å². The predicted molar refractivity (Wildman–Crippen MR) is 161 cm³/mol. The summed E-state index contributed by atoms with van der Waals surface area (Å²) in [5, 5.41) is 2.50. The van der Waals surface area contributed by atoms with Crippen LogP contribution in [0.15, 0.2) is 82.5 Å². The van der Waals surface area contributed by atoms with Gasteiger partial charge in [-0.1, -0.05) is 48.5 Å². The van der Waals surface area contributed by atoms with Gasteiger partial charge in [0.05, 0.1) is 12.7 Å². The maximum atomic E-state index is 16.5. The highest BCUT2D eigenvalue weighted by Crippen LogP contribution is 2.48. The molecule has 2 heterocycles. The highest BCUT2D eigenvalue weighted by Gasteiger charge is 2.59. The van der Waals surface area contributed by atoms with Crippen LogP contribution < -0.4 is 20.9 Å². The molecule has 1 aliphatic heterocycles. The first-order chi connectivity index (χ1) is 21.8. The summed E-state index contributed by atoms with van der Waals surface area (Å²) >= 11 is 0. The van der Waals surface area contributed by atoms with Gasteiger partial charge in [-0.25, -0.2) is 18.5 Å². The summed E-state index contributed by atoms with van der Waals surface area (Å²) in [6.45, 7) is 4.77. The molecule has 1 aliphatic rings. The van der Waals surface area contributed by atoms with E-state index in [2.05, 4.69) is 5.09 Å². The van der Waals surface area contributed by atoms with E-state index in [1.54, 1.807) is 62.4 Å². The van der Waals surface area contributed by atoms with Gasteiger partial charge in [0.25, 0.3) is 5.56 Å². The Morgan fingerprint density at radius 3 is 2.35 bits per heavy atom. The molecule has 4 rings (SSSR count). The van der Waals surface area contributed by atoms with Crippen molar-refractivity contribution in [1.82, 2.24) is 14.6 Å². The van der Waals surface area contributed by atoms with E-state index in [4.69, 9.17) is 28.0 Å². The normalized spacial score (nSPS) is 22.9. The van der Waals surface area contributed by atoms with Gasteiger partial charge in [-0.2, -0.15) is 5.09 Å². The van der Waals surface area contributed by atoms with E-state index in [9.17, 15) is 23.7 Å². The third-order valence-corrected chi connectivity index (χ3v) is 8.29. The van der Waals surface area contributed by atoms with E-state index in [0.29, 0.717) is 5.56 Å². The number of aromatic nitrogens is 2. The zero-order chi connectivity index (χ0) is 33.5. The van der Waals surface area contributed by atoms with Crippen molar-refractivity contribution in [3.05, 3.63) is 99.3 Å². The average Bonchev–Trinajstić information content (AvgIpc) is 3.24. The number of H-pyrrole nitrogens is 1. The van der Waals surface area contributed by atoms with Crippen molar-refractivity contribution in [2.45, 2.75) is 70.6 Å². The van der Waals surface area contributed by atoms with Gasteiger partial charge in [-0.05, 0) is 45.4 Å². The molecule has 0 saturated carbocycles. The number of benzene rings is 2. The Kier molecular flexibility index (Phi) is 11.2. The summed E-state index contributed by atoms with van der Waals surface area (Å²) in [7, 11) is -4.45. The number of hydrogen-bond acceptors (Lipinski definition) is 11. The first kappa shape index (κ1) is 34.6. The lowest BCUT2D eigenvalue weighted by Gasteiger charge is -2.28. The molecule has 0 amide bonds. The lowest BCUT2D eigenvalue weighted by atomic mass is 9.98. The number of nitrogens with one attached hydrogen (secondary N) is 2. The number of halogens is 1. The first-order valence-electron chi connectivity index (χ1n) is 14.3. The molecule has 3 unspecified atom stereocenters. The lowest BCUT2D eigenvalue weighted by Crippen LogP contribution is -2.46. The van der Waals surface area contributed by atoms with Crippen LogP contribution in [0.4, 0.5) is 9.18 Å². The largest absolute Gasteiger partial charge is 0.509 e. The van der Waals surface area contributed by atoms with E-state index in [1.807, 2.05) is 4.98 Å². The molecule has 2 aromatic carbocycles. The maximum Gasteiger partial charge on any atom is 0.509 e. The van der Waals surface area contributed by atoms with Crippen LogP contribution in [-0.4, -0.2) is 58.3 Å². The molecular formula is C30H35FN3O11P. The molecule has 46 heavy (non-hydrogen) atoms. The van der Waals surface area contributed by atoms with Crippen molar-refractivity contribution < 1.29 is 46.5 Å². The Labute approximate surface area is 263 Å². The summed E-state index contributed by atoms with van der Waals surface area (Å²) < 4.78 is 64.1. The third kappa shape index (κ3) is 8.91. The van der Waals surface area contributed by atoms with Crippen molar-refractivity contribution in [1.29, 1.82) is 0 Å². The molecule has 2 N–H and O–H groups in total. The molecule has 1 fully saturated rings. The number of alkyl halides is 1. The van der Waals surface area contributed by atoms with Crippen molar-refractivity contribution in [2.75, 3.05) is 6.61 Å². The van der Waals surface area contributed by atoms with E-state index in [0.717, 1.165) is 23.8 Å². The zero-order valence-electron chi connectivity index (χ0n) is 25.5. The second-order valence-corrected chi connectivity index (χ2v) is 12.5. The summed E-state index contributed by atoms with van der Waals surface area (Å²) in [4.78, 5) is 51.5. The van der Waals surface area contributed by atoms with E-state index in [-0.39, 0.29) is 12.4 Å². The van der Waals surface area contributed by atoms with Crippen LogP contribution in [-0.2, 0) is 39.4 Å². The number of hydrogen-bond donors (Lipinski definition) is 2. The summed E-state index contributed by atoms with van der Waals surface area (Å²) in [6.07, 6.45) is -5.73. The number of ether oxygens (including phenoxy) is 4.